The van der Waals surface area contributed by atoms with Gasteiger partial charge in [0.2, 0.25) is 0 Å². The van der Waals surface area contributed by atoms with Gasteiger partial charge in [-0.3, -0.25) is 0 Å². The topological polar surface area (TPSA) is 26.0 Å². The summed E-state index contributed by atoms with van der Waals surface area (Å²) in [6.45, 7) is 0. The minimum Gasteiger partial charge on any atom is -0.316 e. The van der Waals surface area contributed by atoms with Crippen LogP contribution in [0.25, 0.3) is 10.8 Å². The zero-order valence-corrected chi connectivity index (χ0v) is 8.63. The molecule has 2 aromatic rings. The molecule has 2 aromatic carbocycles. The number of hydrogen-bond donors (Lipinski definition) is 1. The number of alkyl halides is 3. The Morgan fingerprint density at radius 2 is 1.71 bits per heavy atom. The van der Waals surface area contributed by atoms with Crippen molar-refractivity contribution < 1.29 is 17.6 Å². The smallest absolute Gasteiger partial charge is 0.316 e. The van der Waals surface area contributed by atoms with Crippen molar-refractivity contribution in [1.29, 1.82) is 0 Å². The lowest BCUT2D eigenvalue weighted by atomic mass is 10.0. The molecule has 0 radical (unpaired) electrons. The summed E-state index contributed by atoms with van der Waals surface area (Å²) in [5.41, 5.74) is 4.77. The van der Waals surface area contributed by atoms with Gasteiger partial charge in [-0.25, -0.2) is 4.39 Å². The number of nitrogens with two attached hydrogens (primary N) is 1. The normalized spacial score (nSPS) is 13.9. The van der Waals surface area contributed by atoms with Crippen LogP contribution in [0, 0.1) is 5.82 Å². The van der Waals surface area contributed by atoms with Gasteiger partial charge in [-0.15, -0.1) is 0 Å². The number of benzene rings is 2. The van der Waals surface area contributed by atoms with Crippen molar-refractivity contribution in [2.45, 2.75) is 12.2 Å². The molecule has 2 N–H and O–H groups in total. The van der Waals surface area contributed by atoms with Crippen LogP contribution in [0.1, 0.15) is 11.6 Å². The molecule has 0 aliphatic carbocycles. The fourth-order valence-corrected chi connectivity index (χ4v) is 1.65. The maximum Gasteiger partial charge on any atom is 0.407 e. The van der Waals surface area contributed by atoms with Crippen LogP contribution in [0.15, 0.2) is 36.4 Å². The third kappa shape index (κ3) is 2.24. The van der Waals surface area contributed by atoms with E-state index in [4.69, 9.17) is 5.73 Å². The molecule has 1 nitrogen and oxygen atoms in total. The average molecular weight is 243 g/mol. The van der Waals surface area contributed by atoms with E-state index in [1.54, 1.807) is 18.2 Å². The third-order valence-electron chi connectivity index (χ3n) is 2.55. The van der Waals surface area contributed by atoms with Crippen molar-refractivity contribution in [2.75, 3.05) is 0 Å². The summed E-state index contributed by atoms with van der Waals surface area (Å²) in [5.74, 6) is -0.696. The predicted octanol–water partition coefficient (Wildman–Crippen LogP) is 3.54. The van der Waals surface area contributed by atoms with Gasteiger partial charge in [0.1, 0.15) is 11.9 Å². The van der Waals surface area contributed by atoms with Gasteiger partial charge >= 0.3 is 6.18 Å². The molecule has 0 saturated heterocycles. The third-order valence-corrected chi connectivity index (χ3v) is 2.55. The molecule has 2 rings (SSSR count). The highest BCUT2D eigenvalue weighted by Gasteiger charge is 2.38. The molecule has 0 spiro atoms. The van der Waals surface area contributed by atoms with Gasteiger partial charge in [0, 0.05) is 5.39 Å². The summed E-state index contributed by atoms with van der Waals surface area (Å²) in [6.07, 6.45) is -4.57. The highest BCUT2D eigenvalue weighted by molar-refractivity contribution is 5.83. The average Bonchev–Trinajstić information content (AvgIpc) is 2.27. The number of halogens is 4. The van der Waals surface area contributed by atoms with Crippen LogP contribution >= 0.6 is 0 Å². The van der Waals surface area contributed by atoms with Crippen LogP contribution in [-0.4, -0.2) is 6.18 Å². The maximum absolute atomic E-state index is 13.6. The Kier molecular flexibility index (Phi) is 2.79. The van der Waals surface area contributed by atoms with E-state index in [-0.39, 0.29) is 10.9 Å². The van der Waals surface area contributed by atoms with Gasteiger partial charge in [-0.05, 0) is 23.1 Å². The number of hydrogen-bond acceptors (Lipinski definition) is 1. The monoisotopic (exact) mass is 243 g/mol. The Morgan fingerprint density at radius 1 is 1.06 bits per heavy atom. The van der Waals surface area contributed by atoms with Gasteiger partial charge in [0.15, 0.2) is 0 Å². The Labute approximate surface area is 94.8 Å². The van der Waals surface area contributed by atoms with Crippen molar-refractivity contribution in [3.8, 4) is 0 Å². The van der Waals surface area contributed by atoms with E-state index in [9.17, 15) is 17.6 Å². The molecule has 0 heterocycles. The zero-order valence-electron chi connectivity index (χ0n) is 8.63. The molecular formula is C12H9F4N. The van der Waals surface area contributed by atoms with Gasteiger partial charge in [0.05, 0.1) is 0 Å². The first kappa shape index (κ1) is 11.9. The first-order chi connectivity index (χ1) is 7.89. The SMILES string of the molecule is N[C@@H](c1cc(F)c2ccccc2c1)C(F)(F)F. The van der Waals surface area contributed by atoms with E-state index in [2.05, 4.69) is 0 Å². The number of rotatable bonds is 1. The van der Waals surface area contributed by atoms with Crippen molar-refractivity contribution in [1.82, 2.24) is 0 Å². The molecule has 0 saturated carbocycles. The molecule has 5 heteroatoms. The lowest BCUT2D eigenvalue weighted by molar-refractivity contribution is -0.149. The highest BCUT2D eigenvalue weighted by atomic mass is 19.4. The van der Waals surface area contributed by atoms with Crippen LogP contribution in [-0.2, 0) is 0 Å². The van der Waals surface area contributed by atoms with Crippen molar-refractivity contribution in [2.24, 2.45) is 5.73 Å². The summed E-state index contributed by atoms with van der Waals surface area (Å²) < 4.78 is 50.8. The van der Waals surface area contributed by atoms with Crippen LogP contribution in [0.5, 0.6) is 0 Å². The van der Waals surface area contributed by atoms with Crippen LogP contribution < -0.4 is 5.73 Å². The molecule has 0 bridgehead atoms. The molecule has 0 fully saturated rings. The van der Waals surface area contributed by atoms with Crippen LogP contribution in [0.3, 0.4) is 0 Å². The van der Waals surface area contributed by atoms with Gasteiger partial charge in [-0.2, -0.15) is 13.2 Å². The molecule has 0 amide bonds. The van der Waals surface area contributed by atoms with E-state index in [0.717, 1.165) is 6.07 Å². The largest absolute Gasteiger partial charge is 0.407 e. The minimum absolute atomic E-state index is 0.270. The van der Waals surface area contributed by atoms with E-state index >= 15 is 0 Å². The molecule has 17 heavy (non-hydrogen) atoms. The molecular weight excluding hydrogens is 234 g/mol. The Morgan fingerprint density at radius 3 is 2.35 bits per heavy atom. The lowest BCUT2D eigenvalue weighted by Gasteiger charge is -2.16. The van der Waals surface area contributed by atoms with E-state index in [0.29, 0.717) is 5.39 Å². The summed E-state index contributed by atoms with van der Waals surface area (Å²) in [4.78, 5) is 0. The molecule has 0 aliphatic rings. The minimum atomic E-state index is -4.57. The fourth-order valence-electron chi connectivity index (χ4n) is 1.65. The summed E-state index contributed by atoms with van der Waals surface area (Å²) in [5, 5.41) is 0.688. The van der Waals surface area contributed by atoms with Crippen molar-refractivity contribution >= 4 is 10.8 Å². The van der Waals surface area contributed by atoms with Crippen molar-refractivity contribution in [3.63, 3.8) is 0 Å². The first-order valence-electron chi connectivity index (χ1n) is 4.90. The van der Waals surface area contributed by atoms with E-state index < -0.39 is 18.0 Å². The molecule has 90 valence electrons. The molecule has 0 unspecified atom stereocenters. The van der Waals surface area contributed by atoms with E-state index in [1.807, 2.05) is 0 Å². The molecule has 0 aromatic heterocycles. The highest BCUT2D eigenvalue weighted by Crippen LogP contribution is 2.32. The Hall–Kier alpha value is -1.62. The van der Waals surface area contributed by atoms with Crippen LogP contribution in [0.4, 0.5) is 17.6 Å². The fraction of sp³-hybridized carbons (Fsp3) is 0.167. The van der Waals surface area contributed by atoms with E-state index in [1.165, 1.54) is 12.1 Å². The summed E-state index contributed by atoms with van der Waals surface area (Å²) >= 11 is 0. The van der Waals surface area contributed by atoms with Gasteiger partial charge in [0.25, 0.3) is 0 Å². The quantitative estimate of drug-likeness (QED) is 0.761. The predicted molar refractivity (Wildman–Crippen MR) is 56.9 cm³/mol. The van der Waals surface area contributed by atoms with Gasteiger partial charge in [-0.1, -0.05) is 24.3 Å². The second-order valence-corrected chi connectivity index (χ2v) is 3.74. The zero-order chi connectivity index (χ0) is 12.6. The second kappa shape index (κ2) is 4.00. The second-order valence-electron chi connectivity index (χ2n) is 3.74. The summed E-state index contributed by atoms with van der Waals surface area (Å²) in [6, 6.07) is 6.23. The first-order valence-corrected chi connectivity index (χ1v) is 4.90. The lowest BCUT2D eigenvalue weighted by Crippen LogP contribution is -2.28. The standard InChI is InChI=1S/C12H9F4N/c13-10-6-8(11(17)12(14,15)16)5-7-3-1-2-4-9(7)10/h1-6,11H,17H2/t11-/m0/s1. The summed E-state index contributed by atoms with van der Waals surface area (Å²) in [7, 11) is 0. The van der Waals surface area contributed by atoms with Gasteiger partial charge < -0.3 is 5.73 Å². The van der Waals surface area contributed by atoms with Crippen molar-refractivity contribution in [3.05, 3.63) is 47.8 Å². The van der Waals surface area contributed by atoms with Crippen LogP contribution in [0.2, 0.25) is 0 Å². The maximum atomic E-state index is 13.6. The Bertz CT molecular complexity index is 548. The number of fused-ring (bicyclic) bond motifs is 1. The molecule has 0 aliphatic heterocycles. The molecule has 1 atom stereocenters. The Balaban J connectivity index is 2.58.